The van der Waals surface area contributed by atoms with Crippen molar-refractivity contribution in [1.29, 1.82) is 0 Å². The van der Waals surface area contributed by atoms with Gasteiger partial charge in [-0.25, -0.2) is 9.78 Å². The molecule has 140 valence electrons. The molecule has 1 saturated heterocycles. The molecule has 0 aromatic heterocycles. The number of rotatable bonds is 2. The van der Waals surface area contributed by atoms with E-state index >= 15 is 0 Å². The molecular formula is C23H24O4. The summed E-state index contributed by atoms with van der Waals surface area (Å²) in [6.45, 7) is 4.67. The van der Waals surface area contributed by atoms with Crippen LogP contribution in [0, 0.1) is 0 Å². The van der Waals surface area contributed by atoms with Gasteiger partial charge in [0.15, 0.2) is 0 Å². The van der Waals surface area contributed by atoms with Gasteiger partial charge in [-0.05, 0) is 52.7 Å². The van der Waals surface area contributed by atoms with E-state index in [2.05, 4.69) is 49.0 Å². The first-order valence-electron chi connectivity index (χ1n) is 9.70. The van der Waals surface area contributed by atoms with Crippen molar-refractivity contribution in [2.75, 3.05) is 6.61 Å². The van der Waals surface area contributed by atoms with Crippen molar-refractivity contribution in [2.24, 2.45) is 0 Å². The zero-order chi connectivity index (χ0) is 18.4. The Morgan fingerprint density at radius 1 is 1.04 bits per heavy atom. The van der Waals surface area contributed by atoms with Gasteiger partial charge in [0.1, 0.15) is 6.10 Å². The van der Waals surface area contributed by atoms with Gasteiger partial charge in [0.05, 0.1) is 12.7 Å². The van der Waals surface area contributed by atoms with E-state index in [9.17, 15) is 5.11 Å². The molecule has 1 unspecified atom stereocenters. The lowest BCUT2D eigenvalue weighted by molar-refractivity contribution is -0.484. The van der Waals surface area contributed by atoms with Crippen LogP contribution in [-0.2, 0) is 20.9 Å². The van der Waals surface area contributed by atoms with Crippen molar-refractivity contribution in [1.82, 2.24) is 0 Å². The van der Waals surface area contributed by atoms with Crippen LogP contribution in [0.3, 0.4) is 0 Å². The maximum atomic E-state index is 9.69. The molecule has 2 fully saturated rings. The molecule has 4 heteroatoms. The number of hydrogen-bond acceptors (Lipinski definition) is 4. The minimum absolute atomic E-state index is 0.258. The Kier molecular flexibility index (Phi) is 4.17. The molecule has 2 aromatic rings. The second-order valence-electron chi connectivity index (χ2n) is 7.85. The van der Waals surface area contributed by atoms with Gasteiger partial charge in [0, 0.05) is 12.8 Å². The number of aliphatic hydroxyl groups is 1. The Morgan fingerprint density at radius 2 is 1.81 bits per heavy atom. The maximum Gasteiger partial charge on any atom is 0.201 e. The number of aliphatic hydroxyl groups excluding tert-OH is 1. The van der Waals surface area contributed by atoms with Crippen LogP contribution in [0.15, 0.2) is 49.0 Å². The van der Waals surface area contributed by atoms with E-state index in [4.69, 9.17) is 14.5 Å². The molecule has 2 aromatic carbocycles. The molecule has 5 rings (SSSR count). The predicted molar refractivity (Wildman–Crippen MR) is 103 cm³/mol. The highest BCUT2D eigenvalue weighted by molar-refractivity contribution is 5.79. The van der Waals surface area contributed by atoms with E-state index in [0.29, 0.717) is 32.3 Å². The summed E-state index contributed by atoms with van der Waals surface area (Å²) >= 11 is 0. The largest absolute Gasteiger partial charge is 0.393 e. The first-order valence-corrected chi connectivity index (χ1v) is 9.70. The van der Waals surface area contributed by atoms with Crippen LogP contribution in [-0.4, -0.2) is 29.7 Å². The zero-order valence-electron chi connectivity index (χ0n) is 15.3. The number of fused-ring (bicyclic) bond motifs is 3. The Bertz CT molecular complexity index is 870. The molecule has 4 nitrogen and oxygen atoms in total. The van der Waals surface area contributed by atoms with Crippen molar-refractivity contribution in [3.8, 4) is 11.1 Å². The summed E-state index contributed by atoms with van der Waals surface area (Å²) in [4.78, 5) is 11.4. The normalized spacial score (nSPS) is 29.4. The lowest BCUT2D eigenvalue weighted by Crippen LogP contribution is -2.48. The average Bonchev–Trinajstić information content (AvgIpc) is 3.08. The smallest absolute Gasteiger partial charge is 0.201 e. The van der Waals surface area contributed by atoms with Crippen LogP contribution in [0.5, 0.6) is 0 Å². The molecule has 0 radical (unpaired) electrons. The molecule has 0 bridgehead atoms. The molecule has 27 heavy (non-hydrogen) atoms. The summed E-state index contributed by atoms with van der Waals surface area (Å²) in [5.41, 5.74) is 7.27. The van der Waals surface area contributed by atoms with Gasteiger partial charge in [-0.3, -0.25) is 0 Å². The fourth-order valence-electron chi connectivity index (χ4n) is 4.38. The molecule has 1 spiro atoms. The van der Waals surface area contributed by atoms with Crippen molar-refractivity contribution in [3.63, 3.8) is 0 Å². The van der Waals surface area contributed by atoms with Crippen molar-refractivity contribution in [3.05, 3.63) is 65.7 Å². The molecule has 2 aliphatic carbocycles. The number of benzene rings is 2. The Labute approximate surface area is 159 Å². The Hall–Kier alpha value is -1.98. The van der Waals surface area contributed by atoms with Crippen LogP contribution >= 0.6 is 0 Å². The van der Waals surface area contributed by atoms with E-state index in [-0.39, 0.29) is 12.2 Å². The SMILES string of the molecule is C=C(c1ccc2c(c1)Cc1ccccc1-2)C1COC2(CCC(O)CC2)OO1. The van der Waals surface area contributed by atoms with Crippen LogP contribution < -0.4 is 0 Å². The van der Waals surface area contributed by atoms with Crippen LogP contribution in [0.4, 0.5) is 0 Å². The minimum Gasteiger partial charge on any atom is -0.393 e. The highest BCUT2D eigenvalue weighted by atomic mass is 17.2. The minimum atomic E-state index is -0.699. The fraction of sp³-hybridized carbons (Fsp3) is 0.391. The third-order valence-electron chi connectivity index (χ3n) is 6.08. The third-order valence-corrected chi connectivity index (χ3v) is 6.08. The second-order valence-corrected chi connectivity index (χ2v) is 7.85. The van der Waals surface area contributed by atoms with Gasteiger partial charge < -0.3 is 9.84 Å². The van der Waals surface area contributed by atoms with Crippen molar-refractivity contribution in [2.45, 2.75) is 50.1 Å². The van der Waals surface area contributed by atoms with Crippen LogP contribution in [0.2, 0.25) is 0 Å². The molecule has 1 aliphatic heterocycles. The summed E-state index contributed by atoms with van der Waals surface area (Å²) < 4.78 is 6.03. The molecule has 1 heterocycles. The molecule has 1 atom stereocenters. The van der Waals surface area contributed by atoms with Gasteiger partial charge in [-0.2, -0.15) is 0 Å². The maximum absolute atomic E-state index is 9.69. The lowest BCUT2D eigenvalue weighted by Gasteiger charge is -2.42. The lowest BCUT2D eigenvalue weighted by atomic mass is 9.91. The fourth-order valence-corrected chi connectivity index (χ4v) is 4.38. The van der Waals surface area contributed by atoms with Gasteiger partial charge in [0.25, 0.3) is 0 Å². The van der Waals surface area contributed by atoms with Crippen molar-refractivity contribution >= 4 is 5.57 Å². The molecule has 3 aliphatic rings. The van der Waals surface area contributed by atoms with Crippen LogP contribution in [0.1, 0.15) is 42.4 Å². The summed E-state index contributed by atoms with van der Waals surface area (Å²) in [6.07, 6.45) is 3.06. The van der Waals surface area contributed by atoms with E-state index in [0.717, 1.165) is 17.6 Å². The summed E-state index contributed by atoms with van der Waals surface area (Å²) in [5.74, 6) is -0.699. The van der Waals surface area contributed by atoms with Crippen molar-refractivity contribution < 1.29 is 19.6 Å². The molecule has 1 N–H and O–H groups in total. The monoisotopic (exact) mass is 364 g/mol. The van der Waals surface area contributed by atoms with Gasteiger partial charge in [0.2, 0.25) is 5.79 Å². The standard InChI is InChI=1S/C23H24O4/c1-15(22-14-25-23(27-26-22)10-8-19(24)9-11-23)16-6-7-21-18(12-16)13-17-4-2-3-5-20(17)21/h2-7,12,19,22,24H,1,8-11,13-14H2. The zero-order valence-corrected chi connectivity index (χ0v) is 15.3. The van der Waals surface area contributed by atoms with Gasteiger partial charge >= 0.3 is 0 Å². The number of ether oxygens (including phenoxy) is 1. The van der Waals surface area contributed by atoms with E-state index in [1.54, 1.807) is 0 Å². The predicted octanol–water partition coefficient (Wildman–Crippen LogP) is 4.25. The quantitative estimate of drug-likeness (QED) is 0.691. The molecule has 0 amide bonds. The number of hydrogen-bond donors (Lipinski definition) is 1. The first kappa shape index (κ1) is 17.1. The Morgan fingerprint density at radius 3 is 2.59 bits per heavy atom. The molecule has 1 saturated carbocycles. The average molecular weight is 364 g/mol. The summed E-state index contributed by atoms with van der Waals surface area (Å²) in [6, 6.07) is 15.0. The van der Waals surface area contributed by atoms with Gasteiger partial charge in [-0.15, -0.1) is 0 Å². The van der Waals surface area contributed by atoms with E-state index in [1.807, 2.05) is 0 Å². The molecular weight excluding hydrogens is 340 g/mol. The highest BCUT2D eigenvalue weighted by Gasteiger charge is 2.43. The second kappa shape index (κ2) is 6.57. The summed E-state index contributed by atoms with van der Waals surface area (Å²) in [7, 11) is 0. The Balaban J connectivity index is 1.29. The van der Waals surface area contributed by atoms with Gasteiger partial charge in [-0.1, -0.05) is 49.0 Å². The third kappa shape index (κ3) is 3.03. The van der Waals surface area contributed by atoms with Crippen LogP contribution in [0.25, 0.3) is 16.7 Å². The van der Waals surface area contributed by atoms with E-state index in [1.165, 1.54) is 22.3 Å². The van der Waals surface area contributed by atoms with E-state index < -0.39 is 5.79 Å². The summed E-state index contributed by atoms with van der Waals surface area (Å²) in [5, 5.41) is 9.69. The first-order chi connectivity index (χ1) is 13.1. The topological polar surface area (TPSA) is 47.9 Å². The highest BCUT2D eigenvalue weighted by Crippen LogP contribution is 2.40.